The Kier molecular flexibility index (Phi) is 4.16. The molecular formula is C13H20N2O3. The molecule has 1 aliphatic heterocycles. The molecule has 1 aromatic heterocycles. The first-order chi connectivity index (χ1) is 8.66. The highest BCUT2D eigenvalue weighted by Crippen LogP contribution is 2.30. The predicted molar refractivity (Wildman–Crippen MR) is 68.2 cm³/mol. The standard InChI is InChI=1S/C13H20N2O3/c1-17-13(3-6-18-7-4-13)11(16)8-10-2-5-15-12(14)9-10/h2,5,9,11,16H,3-4,6-8H2,1H3,(H2,14,15). The molecular weight excluding hydrogens is 232 g/mol. The van der Waals surface area contributed by atoms with Gasteiger partial charge in [0.2, 0.25) is 0 Å². The highest BCUT2D eigenvalue weighted by atomic mass is 16.5. The van der Waals surface area contributed by atoms with Crippen LogP contribution in [0.15, 0.2) is 18.3 Å². The van der Waals surface area contributed by atoms with Gasteiger partial charge in [-0.15, -0.1) is 0 Å². The number of ether oxygens (including phenoxy) is 2. The van der Waals surface area contributed by atoms with Crippen LogP contribution in [0.25, 0.3) is 0 Å². The van der Waals surface area contributed by atoms with Crippen molar-refractivity contribution in [2.24, 2.45) is 0 Å². The van der Waals surface area contributed by atoms with Crippen LogP contribution in [-0.2, 0) is 15.9 Å². The molecule has 5 heteroatoms. The van der Waals surface area contributed by atoms with Crippen LogP contribution in [0.5, 0.6) is 0 Å². The smallest absolute Gasteiger partial charge is 0.123 e. The lowest BCUT2D eigenvalue weighted by atomic mass is 9.85. The topological polar surface area (TPSA) is 77.6 Å². The van der Waals surface area contributed by atoms with E-state index in [-0.39, 0.29) is 0 Å². The first-order valence-corrected chi connectivity index (χ1v) is 6.18. The molecule has 0 spiro atoms. The van der Waals surface area contributed by atoms with Crippen LogP contribution in [0.2, 0.25) is 0 Å². The summed E-state index contributed by atoms with van der Waals surface area (Å²) in [6, 6.07) is 3.65. The summed E-state index contributed by atoms with van der Waals surface area (Å²) in [5.74, 6) is 0.471. The maximum absolute atomic E-state index is 10.4. The van der Waals surface area contributed by atoms with Crippen LogP contribution in [-0.4, -0.2) is 42.1 Å². The number of aliphatic hydroxyl groups is 1. The monoisotopic (exact) mass is 252 g/mol. The number of hydrogen-bond acceptors (Lipinski definition) is 5. The lowest BCUT2D eigenvalue weighted by molar-refractivity contribution is -0.151. The van der Waals surface area contributed by atoms with Gasteiger partial charge in [-0.25, -0.2) is 4.98 Å². The first-order valence-electron chi connectivity index (χ1n) is 6.18. The molecule has 5 nitrogen and oxygen atoms in total. The zero-order valence-corrected chi connectivity index (χ0v) is 10.6. The minimum absolute atomic E-state index is 0.471. The summed E-state index contributed by atoms with van der Waals surface area (Å²) in [7, 11) is 1.65. The molecule has 1 aliphatic rings. The van der Waals surface area contributed by atoms with E-state index in [4.69, 9.17) is 15.2 Å². The summed E-state index contributed by atoms with van der Waals surface area (Å²) in [5.41, 5.74) is 6.10. The van der Waals surface area contributed by atoms with Crippen LogP contribution in [0, 0.1) is 0 Å². The lowest BCUT2D eigenvalue weighted by Gasteiger charge is -2.39. The highest BCUT2D eigenvalue weighted by molar-refractivity contribution is 5.32. The molecule has 1 saturated heterocycles. The number of nitrogens with two attached hydrogens (primary N) is 1. The van der Waals surface area contributed by atoms with Gasteiger partial charge in [0.15, 0.2) is 0 Å². The molecule has 18 heavy (non-hydrogen) atoms. The average Bonchev–Trinajstić information content (AvgIpc) is 2.39. The molecule has 0 radical (unpaired) electrons. The SMILES string of the molecule is COC1(C(O)Cc2ccnc(N)c2)CCOCC1. The fourth-order valence-electron chi connectivity index (χ4n) is 2.42. The Hall–Kier alpha value is -1.17. The van der Waals surface area contributed by atoms with E-state index in [0.29, 0.717) is 38.3 Å². The van der Waals surface area contributed by atoms with Crippen LogP contribution >= 0.6 is 0 Å². The van der Waals surface area contributed by atoms with Crippen molar-refractivity contribution in [2.75, 3.05) is 26.1 Å². The molecule has 0 aliphatic carbocycles. The fraction of sp³-hybridized carbons (Fsp3) is 0.615. The molecule has 1 aromatic rings. The molecule has 2 heterocycles. The van der Waals surface area contributed by atoms with Crippen molar-refractivity contribution >= 4 is 5.82 Å². The van der Waals surface area contributed by atoms with Crippen molar-refractivity contribution < 1.29 is 14.6 Å². The van der Waals surface area contributed by atoms with Gasteiger partial charge in [0, 0.05) is 45.8 Å². The van der Waals surface area contributed by atoms with Crippen LogP contribution in [0.1, 0.15) is 18.4 Å². The maximum Gasteiger partial charge on any atom is 0.123 e. The van der Waals surface area contributed by atoms with Crippen molar-refractivity contribution in [2.45, 2.75) is 31.0 Å². The second-order valence-electron chi connectivity index (χ2n) is 4.69. The van der Waals surface area contributed by atoms with Crippen molar-refractivity contribution in [3.8, 4) is 0 Å². The Labute approximate surface area is 107 Å². The molecule has 2 rings (SSSR count). The van der Waals surface area contributed by atoms with Gasteiger partial charge in [0.25, 0.3) is 0 Å². The third-order valence-electron chi connectivity index (χ3n) is 3.63. The summed E-state index contributed by atoms with van der Waals surface area (Å²) in [6.07, 6.45) is 3.03. The maximum atomic E-state index is 10.4. The number of methoxy groups -OCH3 is 1. The number of aliphatic hydroxyl groups excluding tert-OH is 1. The third kappa shape index (κ3) is 2.80. The second kappa shape index (κ2) is 5.65. The summed E-state index contributed by atoms with van der Waals surface area (Å²) in [6.45, 7) is 1.26. The minimum atomic E-state index is -0.562. The van der Waals surface area contributed by atoms with Crippen LogP contribution < -0.4 is 5.73 Å². The van der Waals surface area contributed by atoms with Gasteiger partial charge in [0.05, 0.1) is 11.7 Å². The number of nitrogen functional groups attached to an aromatic ring is 1. The molecule has 0 bridgehead atoms. The van der Waals surface area contributed by atoms with Gasteiger partial charge in [-0.3, -0.25) is 0 Å². The molecule has 1 fully saturated rings. The van der Waals surface area contributed by atoms with E-state index in [9.17, 15) is 5.11 Å². The Balaban J connectivity index is 2.07. The van der Waals surface area contributed by atoms with Gasteiger partial charge in [-0.2, -0.15) is 0 Å². The number of pyridine rings is 1. The van der Waals surface area contributed by atoms with Gasteiger partial charge in [-0.05, 0) is 17.7 Å². The van der Waals surface area contributed by atoms with Gasteiger partial charge in [0.1, 0.15) is 5.82 Å². The largest absolute Gasteiger partial charge is 0.390 e. The van der Waals surface area contributed by atoms with Crippen molar-refractivity contribution in [1.82, 2.24) is 4.98 Å². The minimum Gasteiger partial charge on any atom is -0.390 e. The van der Waals surface area contributed by atoms with Crippen molar-refractivity contribution in [1.29, 1.82) is 0 Å². The summed E-state index contributed by atoms with van der Waals surface area (Å²) in [5, 5.41) is 10.4. The zero-order chi connectivity index (χ0) is 13.0. The van der Waals surface area contributed by atoms with E-state index < -0.39 is 11.7 Å². The van der Waals surface area contributed by atoms with E-state index in [0.717, 1.165) is 5.56 Å². The molecule has 0 aromatic carbocycles. The van der Waals surface area contributed by atoms with E-state index in [1.165, 1.54) is 0 Å². The highest BCUT2D eigenvalue weighted by Gasteiger charge is 2.39. The van der Waals surface area contributed by atoms with E-state index in [1.54, 1.807) is 19.4 Å². The molecule has 100 valence electrons. The van der Waals surface area contributed by atoms with Gasteiger partial charge < -0.3 is 20.3 Å². The molecule has 1 unspecified atom stereocenters. The van der Waals surface area contributed by atoms with Crippen molar-refractivity contribution in [3.63, 3.8) is 0 Å². The van der Waals surface area contributed by atoms with Crippen molar-refractivity contribution in [3.05, 3.63) is 23.9 Å². The summed E-state index contributed by atoms with van der Waals surface area (Å²) >= 11 is 0. The summed E-state index contributed by atoms with van der Waals surface area (Å²) < 4.78 is 10.9. The van der Waals surface area contributed by atoms with Gasteiger partial charge in [-0.1, -0.05) is 0 Å². The number of rotatable bonds is 4. The Morgan fingerprint density at radius 2 is 2.28 bits per heavy atom. The normalized spacial score (nSPS) is 20.6. The molecule has 3 N–H and O–H groups in total. The number of hydrogen-bond donors (Lipinski definition) is 2. The lowest BCUT2D eigenvalue weighted by Crippen LogP contribution is -2.49. The Morgan fingerprint density at radius 3 is 2.89 bits per heavy atom. The predicted octanol–water partition coefficient (Wildman–Crippen LogP) is 0.763. The molecule has 1 atom stereocenters. The van der Waals surface area contributed by atoms with E-state index >= 15 is 0 Å². The number of anilines is 1. The number of aromatic nitrogens is 1. The first kappa shape index (κ1) is 13.3. The Bertz CT molecular complexity index is 392. The van der Waals surface area contributed by atoms with E-state index in [1.807, 2.05) is 6.07 Å². The fourth-order valence-corrected chi connectivity index (χ4v) is 2.42. The van der Waals surface area contributed by atoms with E-state index in [2.05, 4.69) is 4.98 Å². The average molecular weight is 252 g/mol. The third-order valence-corrected chi connectivity index (χ3v) is 3.63. The zero-order valence-electron chi connectivity index (χ0n) is 10.6. The quantitative estimate of drug-likeness (QED) is 0.827. The van der Waals surface area contributed by atoms with Crippen LogP contribution in [0.3, 0.4) is 0 Å². The summed E-state index contributed by atoms with van der Waals surface area (Å²) in [4.78, 5) is 3.94. The number of nitrogens with zero attached hydrogens (tertiary/aromatic N) is 1. The molecule has 0 amide bonds. The van der Waals surface area contributed by atoms with Crippen LogP contribution in [0.4, 0.5) is 5.82 Å². The van der Waals surface area contributed by atoms with Gasteiger partial charge >= 0.3 is 0 Å². The second-order valence-corrected chi connectivity index (χ2v) is 4.69. The Morgan fingerprint density at radius 1 is 1.56 bits per heavy atom. The molecule has 0 saturated carbocycles.